The summed E-state index contributed by atoms with van der Waals surface area (Å²) in [7, 11) is 0. The summed E-state index contributed by atoms with van der Waals surface area (Å²) < 4.78 is 0. The van der Waals surface area contributed by atoms with Gasteiger partial charge in [-0.2, -0.15) is 0 Å². The molecule has 0 saturated heterocycles. The van der Waals surface area contributed by atoms with Crippen molar-refractivity contribution in [1.82, 2.24) is 10.3 Å². The first kappa shape index (κ1) is 15.7. The summed E-state index contributed by atoms with van der Waals surface area (Å²) in [6, 6.07) is 11.8. The average molecular weight is 298 g/mol. The molecule has 0 saturated carbocycles. The first-order chi connectivity index (χ1) is 10.6. The van der Waals surface area contributed by atoms with Crippen LogP contribution in [-0.2, 0) is 16.0 Å². The van der Waals surface area contributed by atoms with E-state index in [0.717, 1.165) is 11.1 Å². The zero-order valence-electron chi connectivity index (χ0n) is 12.3. The fourth-order valence-electron chi connectivity index (χ4n) is 2.13. The summed E-state index contributed by atoms with van der Waals surface area (Å²) in [5.41, 5.74) is 1.62. The van der Waals surface area contributed by atoms with Gasteiger partial charge in [0.1, 0.15) is 6.04 Å². The molecule has 0 aliphatic carbocycles. The lowest BCUT2D eigenvalue weighted by molar-refractivity contribution is -0.141. The number of hydrogen-bond donors (Lipinski definition) is 2. The summed E-state index contributed by atoms with van der Waals surface area (Å²) in [6.07, 6.45) is 3.49. The van der Waals surface area contributed by atoms with Gasteiger partial charge in [-0.1, -0.05) is 36.4 Å². The van der Waals surface area contributed by atoms with Gasteiger partial charge >= 0.3 is 5.97 Å². The SMILES string of the molecule is C[C@@H](C(=O)N[C@H](Cc1ccccc1)C(=O)O)c1cccnc1. The lowest BCUT2D eigenvalue weighted by atomic mass is 10.0. The van der Waals surface area contributed by atoms with Gasteiger partial charge in [0, 0.05) is 18.8 Å². The van der Waals surface area contributed by atoms with Crippen LogP contribution in [0.25, 0.3) is 0 Å². The highest BCUT2D eigenvalue weighted by Gasteiger charge is 2.24. The van der Waals surface area contributed by atoms with Crippen molar-refractivity contribution in [3.63, 3.8) is 0 Å². The molecule has 114 valence electrons. The van der Waals surface area contributed by atoms with Gasteiger partial charge in [0.2, 0.25) is 5.91 Å². The van der Waals surface area contributed by atoms with Gasteiger partial charge in [-0.25, -0.2) is 4.79 Å². The van der Waals surface area contributed by atoms with Crippen molar-refractivity contribution >= 4 is 11.9 Å². The van der Waals surface area contributed by atoms with Crippen molar-refractivity contribution in [3.05, 3.63) is 66.0 Å². The molecule has 5 nitrogen and oxygen atoms in total. The molecule has 1 aromatic carbocycles. The first-order valence-corrected chi connectivity index (χ1v) is 7.05. The Kier molecular flexibility index (Phi) is 5.25. The molecule has 22 heavy (non-hydrogen) atoms. The van der Waals surface area contributed by atoms with E-state index < -0.39 is 17.9 Å². The standard InChI is InChI=1S/C17H18N2O3/c1-12(14-8-5-9-18-11-14)16(20)19-15(17(21)22)10-13-6-3-2-4-7-13/h2-9,11-12,15H,10H2,1H3,(H,19,20)(H,21,22)/t12-,15-/m1/s1. The molecule has 1 amide bonds. The van der Waals surface area contributed by atoms with Gasteiger partial charge < -0.3 is 10.4 Å². The third-order valence-corrected chi connectivity index (χ3v) is 3.47. The quantitative estimate of drug-likeness (QED) is 0.855. The third-order valence-electron chi connectivity index (χ3n) is 3.47. The minimum absolute atomic E-state index is 0.252. The maximum atomic E-state index is 12.2. The van der Waals surface area contributed by atoms with Crippen LogP contribution in [0.1, 0.15) is 24.0 Å². The van der Waals surface area contributed by atoms with E-state index in [1.165, 1.54) is 0 Å². The van der Waals surface area contributed by atoms with Crippen LogP contribution in [-0.4, -0.2) is 28.0 Å². The minimum Gasteiger partial charge on any atom is -0.480 e. The van der Waals surface area contributed by atoms with E-state index in [0.29, 0.717) is 0 Å². The number of aliphatic carboxylic acids is 1. The maximum Gasteiger partial charge on any atom is 0.326 e. The molecular weight excluding hydrogens is 280 g/mol. The minimum atomic E-state index is -1.05. The molecule has 2 rings (SSSR count). The van der Waals surface area contributed by atoms with Crippen LogP contribution in [0, 0.1) is 0 Å². The Labute approximate surface area is 129 Å². The highest BCUT2D eigenvalue weighted by Crippen LogP contribution is 2.14. The van der Waals surface area contributed by atoms with Crippen molar-refractivity contribution in [2.24, 2.45) is 0 Å². The largest absolute Gasteiger partial charge is 0.480 e. The molecule has 0 bridgehead atoms. The van der Waals surface area contributed by atoms with E-state index in [9.17, 15) is 14.7 Å². The molecule has 2 atom stereocenters. The monoisotopic (exact) mass is 298 g/mol. The number of carboxylic acid groups (broad SMARTS) is 1. The fraction of sp³-hybridized carbons (Fsp3) is 0.235. The molecular formula is C17H18N2O3. The maximum absolute atomic E-state index is 12.2. The van der Waals surface area contributed by atoms with Crippen molar-refractivity contribution in [2.75, 3.05) is 0 Å². The Morgan fingerprint density at radius 2 is 1.91 bits per heavy atom. The number of rotatable bonds is 6. The van der Waals surface area contributed by atoms with Crippen molar-refractivity contribution in [2.45, 2.75) is 25.3 Å². The van der Waals surface area contributed by atoms with Gasteiger partial charge in [-0.15, -0.1) is 0 Å². The smallest absolute Gasteiger partial charge is 0.326 e. The Balaban J connectivity index is 2.04. The molecule has 2 N–H and O–H groups in total. The number of hydrogen-bond acceptors (Lipinski definition) is 3. The molecule has 0 fully saturated rings. The highest BCUT2D eigenvalue weighted by molar-refractivity contribution is 5.87. The highest BCUT2D eigenvalue weighted by atomic mass is 16.4. The number of nitrogens with one attached hydrogen (secondary N) is 1. The second-order valence-electron chi connectivity index (χ2n) is 5.10. The summed E-state index contributed by atoms with van der Waals surface area (Å²) in [4.78, 5) is 27.6. The van der Waals surface area contributed by atoms with E-state index in [1.807, 2.05) is 30.3 Å². The summed E-state index contributed by atoms with van der Waals surface area (Å²) in [5.74, 6) is -1.82. The summed E-state index contributed by atoms with van der Waals surface area (Å²) in [6.45, 7) is 1.73. The van der Waals surface area contributed by atoms with Crippen LogP contribution >= 0.6 is 0 Å². The van der Waals surface area contributed by atoms with Gasteiger partial charge in [0.05, 0.1) is 5.92 Å². The lowest BCUT2D eigenvalue weighted by Crippen LogP contribution is -2.44. The fourth-order valence-corrected chi connectivity index (χ4v) is 2.13. The number of aromatic nitrogens is 1. The van der Waals surface area contributed by atoms with E-state index in [2.05, 4.69) is 10.3 Å². The molecule has 1 aromatic heterocycles. The number of benzene rings is 1. The Morgan fingerprint density at radius 1 is 1.18 bits per heavy atom. The second-order valence-corrected chi connectivity index (χ2v) is 5.10. The molecule has 0 aliphatic rings. The Hall–Kier alpha value is -2.69. The number of carboxylic acids is 1. The van der Waals surface area contributed by atoms with Crippen molar-refractivity contribution in [1.29, 1.82) is 0 Å². The predicted octanol–water partition coefficient (Wildman–Crippen LogP) is 2.00. The van der Waals surface area contributed by atoms with Crippen LogP contribution in [0.15, 0.2) is 54.9 Å². The lowest BCUT2D eigenvalue weighted by Gasteiger charge is -2.18. The van der Waals surface area contributed by atoms with Gasteiger partial charge in [-0.05, 0) is 24.1 Å². The van der Waals surface area contributed by atoms with E-state index >= 15 is 0 Å². The number of carbonyl (C=O) groups excluding carboxylic acids is 1. The topological polar surface area (TPSA) is 79.3 Å². The Morgan fingerprint density at radius 3 is 2.50 bits per heavy atom. The molecule has 0 unspecified atom stereocenters. The number of pyridine rings is 1. The number of nitrogens with zero attached hydrogens (tertiary/aromatic N) is 1. The van der Waals surface area contributed by atoms with Gasteiger partial charge in [0.25, 0.3) is 0 Å². The van der Waals surface area contributed by atoms with Crippen LogP contribution in [0.4, 0.5) is 0 Å². The van der Waals surface area contributed by atoms with Crippen LogP contribution in [0.2, 0.25) is 0 Å². The molecule has 0 radical (unpaired) electrons. The Bertz CT molecular complexity index is 629. The number of amides is 1. The first-order valence-electron chi connectivity index (χ1n) is 7.05. The predicted molar refractivity (Wildman–Crippen MR) is 82.4 cm³/mol. The second kappa shape index (κ2) is 7.36. The summed E-state index contributed by atoms with van der Waals surface area (Å²) in [5, 5.41) is 11.9. The average Bonchev–Trinajstić information content (AvgIpc) is 2.55. The molecule has 0 spiro atoms. The zero-order valence-corrected chi connectivity index (χ0v) is 12.3. The van der Waals surface area contributed by atoms with Crippen LogP contribution in [0.5, 0.6) is 0 Å². The van der Waals surface area contributed by atoms with Crippen LogP contribution in [0.3, 0.4) is 0 Å². The molecule has 2 aromatic rings. The third kappa shape index (κ3) is 4.15. The van der Waals surface area contributed by atoms with Crippen molar-refractivity contribution in [3.8, 4) is 0 Å². The van der Waals surface area contributed by atoms with E-state index in [4.69, 9.17) is 0 Å². The molecule has 5 heteroatoms. The zero-order chi connectivity index (χ0) is 15.9. The van der Waals surface area contributed by atoms with Gasteiger partial charge in [0.15, 0.2) is 0 Å². The van der Waals surface area contributed by atoms with Gasteiger partial charge in [-0.3, -0.25) is 9.78 Å². The van der Waals surface area contributed by atoms with Crippen LogP contribution < -0.4 is 5.32 Å². The normalized spacial score (nSPS) is 13.1. The van der Waals surface area contributed by atoms with E-state index in [-0.39, 0.29) is 12.3 Å². The van der Waals surface area contributed by atoms with E-state index in [1.54, 1.807) is 31.5 Å². The molecule has 1 heterocycles. The number of carbonyl (C=O) groups is 2. The molecule has 0 aliphatic heterocycles. The summed E-state index contributed by atoms with van der Waals surface area (Å²) >= 11 is 0. The van der Waals surface area contributed by atoms with Crippen molar-refractivity contribution < 1.29 is 14.7 Å².